The lowest BCUT2D eigenvalue weighted by atomic mass is 10.0. The molecule has 0 unspecified atom stereocenters. The highest BCUT2D eigenvalue weighted by atomic mass is 32.2. The summed E-state index contributed by atoms with van der Waals surface area (Å²) in [4.78, 5) is 13.0. The van der Waals surface area contributed by atoms with E-state index >= 15 is 0 Å². The lowest BCUT2D eigenvalue weighted by Gasteiger charge is -2.21. The number of hydrazone groups is 1. The van der Waals surface area contributed by atoms with Crippen LogP contribution in [-0.4, -0.2) is 25.0 Å². The van der Waals surface area contributed by atoms with E-state index in [1.807, 2.05) is 39.0 Å². The van der Waals surface area contributed by atoms with Gasteiger partial charge >= 0.3 is 0 Å². The minimum Gasteiger partial charge on any atom is -0.464 e. The highest BCUT2D eigenvalue weighted by molar-refractivity contribution is 7.92. The smallest absolute Gasteiger partial charge is 0.261 e. The first-order valence-corrected chi connectivity index (χ1v) is 11.9. The topological polar surface area (TPSA) is 92.0 Å². The fourth-order valence-corrected chi connectivity index (χ4v) is 4.65. The SMILES string of the molecule is Cc1ccc([C@@H]2CC(c3cccc(NS(=O)(=O)c4ccccc4)c3)=NN2C(=O)C(C)C)o1. The van der Waals surface area contributed by atoms with E-state index in [0.29, 0.717) is 23.6 Å². The van der Waals surface area contributed by atoms with Crippen molar-refractivity contribution in [2.24, 2.45) is 11.0 Å². The molecule has 0 spiro atoms. The van der Waals surface area contributed by atoms with Crippen LogP contribution in [0.3, 0.4) is 0 Å². The second-order valence-corrected chi connectivity index (χ2v) is 9.73. The number of anilines is 1. The summed E-state index contributed by atoms with van der Waals surface area (Å²) >= 11 is 0. The lowest BCUT2D eigenvalue weighted by molar-refractivity contribution is -0.136. The number of hydrogen-bond donors (Lipinski definition) is 1. The number of carbonyl (C=O) groups excluding carboxylic acids is 1. The summed E-state index contributed by atoms with van der Waals surface area (Å²) < 4.78 is 33.8. The summed E-state index contributed by atoms with van der Waals surface area (Å²) in [5.74, 6) is 1.12. The number of benzene rings is 2. The second-order valence-electron chi connectivity index (χ2n) is 8.05. The Morgan fingerprint density at radius 3 is 2.50 bits per heavy atom. The molecule has 0 radical (unpaired) electrons. The summed E-state index contributed by atoms with van der Waals surface area (Å²) in [6.45, 7) is 5.52. The van der Waals surface area contributed by atoms with Gasteiger partial charge in [0, 0.05) is 18.0 Å². The van der Waals surface area contributed by atoms with Crippen molar-refractivity contribution in [2.45, 2.75) is 38.1 Å². The van der Waals surface area contributed by atoms with Gasteiger partial charge in [-0.25, -0.2) is 13.4 Å². The quantitative estimate of drug-likeness (QED) is 0.587. The van der Waals surface area contributed by atoms with Crippen molar-refractivity contribution >= 4 is 27.3 Å². The average Bonchev–Trinajstić information content (AvgIpc) is 3.40. The summed E-state index contributed by atoms with van der Waals surface area (Å²) in [5, 5.41) is 6.09. The predicted molar refractivity (Wildman–Crippen MR) is 123 cm³/mol. The van der Waals surface area contributed by atoms with Gasteiger partial charge in [0.1, 0.15) is 17.6 Å². The predicted octanol–water partition coefficient (Wildman–Crippen LogP) is 4.72. The Hall–Kier alpha value is -3.39. The monoisotopic (exact) mass is 451 g/mol. The van der Waals surface area contributed by atoms with E-state index < -0.39 is 10.0 Å². The van der Waals surface area contributed by atoms with Crippen LogP contribution in [0.1, 0.15) is 43.4 Å². The van der Waals surface area contributed by atoms with Crippen LogP contribution in [-0.2, 0) is 14.8 Å². The Kier molecular flexibility index (Phi) is 5.88. The van der Waals surface area contributed by atoms with E-state index in [4.69, 9.17) is 4.42 Å². The van der Waals surface area contributed by atoms with Gasteiger partial charge in [-0.2, -0.15) is 5.10 Å². The Morgan fingerprint density at radius 2 is 1.84 bits per heavy atom. The molecule has 1 amide bonds. The van der Waals surface area contributed by atoms with Gasteiger partial charge in [-0.15, -0.1) is 0 Å². The van der Waals surface area contributed by atoms with Gasteiger partial charge in [-0.1, -0.05) is 44.2 Å². The van der Waals surface area contributed by atoms with Crippen molar-refractivity contribution in [3.63, 3.8) is 0 Å². The van der Waals surface area contributed by atoms with E-state index in [-0.39, 0.29) is 22.8 Å². The molecule has 1 N–H and O–H groups in total. The zero-order chi connectivity index (χ0) is 22.9. The molecule has 1 atom stereocenters. The lowest BCUT2D eigenvalue weighted by Crippen LogP contribution is -2.30. The summed E-state index contributed by atoms with van der Waals surface area (Å²) in [5.41, 5.74) is 1.86. The molecule has 1 aliphatic heterocycles. The van der Waals surface area contributed by atoms with Gasteiger partial charge in [-0.3, -0.25) is 9.52 Å². The first-order valence-electron chi connectivity index (χ1n) is 10.4. The third-order valence-corrected chi connectivity index (χ3v) is 6.62. The van der Waals surface area contributed by atoms with Crippen LogP contribution in [0.5, 0.6) is 0 Å². The highest BCUT2D eigenvalue weighted by Crippen LogP contribution is 2.35. The molecule has 4 rings (SSSR count). The highest BCUT2D eigenvalue weighted by Gasteiger charge is 2.36. The molecule has 2 aromatic carbocycles. The van der Waals surface area contributed by atoms with E-state index in [1.165, 1.54) is 5.01 Å². The molecule has 0 saturated heterocycles. The third kappa shape index (κ3) is 4.45. The van der Waals surface area contributed by atoms with Crippen LogP contribution in [0.2, 0.25) is 0 Å². The van der Waals surface area contributed by atoms with Crippen LogP contribution >= 0.6 is 0 Å². The molecule has 2 heterocycles. The number of furan rings is 1. The molecule has 7 nitrogen and oxygen atoms in total. The van der Waals surface area contributed by atoms with Gasteiger partial charge < -0.3 is 4.42 Å². The first kappa shape index (κ1) is 21.8. The molecule has 1 aliphatic rings. The molecule has 166 valence electrons. The number of hydrogen-bond acceptors (Lipinski definition) is 5. The molecule has 0 saturated carbocycles. The number of nitrogens with one attached hydrogen (secondary N) is 1. The van der Waals surface area contributed by atoms with E-state index in [1.54, 1.807) is 48.5 Å². The molecule has 0 bridgehead atoms. The van der Waals surface area contributed by atoms with Gasteiger partial charge in [-0.05, 0) is 48.9 Å². The molecule has 32 heavy (non-hydrogen) atoms. The van der Waals surface area contributed by atoms with Gasteiger partial charge in [0.2, 0.25) is 5.91 Å². The van der Waals surface area contributed by atoms with Crippen molar-refractivity contribution in [1.29, 1.82) is 0 Å². The minimum atomic E-state index is -3.71. The van der Waals surface area contributed by atoms with Gasteiger partial charge in [0.05, 0.1) is 10.6 Å². The Labute approximate surface area is 187 Å². The molecule has 0 fully saturated rings. The van der Waals surface area contributed by atoms with Gasteiger partial charge in [0.15, 0.2) is 0 Å². The number of aryl methyl sites for hydroxylation is 1. The molecule has 8 heteroatoms. The maximum atomic E-state index is 12.8. The fraction of sp³-hybridized carbons (Fsp3) is 0.250. The maximum absolute atomic E-state index is 12.8. The number of carbonyl (C=O) groups is 1. The molecule has 0 aliphatic carbocycles. The zero-order valence-corrected chi connectivity index (χ0v) is 19.0. The second kappa shape index (κ2) is 8.63. The Balaban J connectivity index is 1.63. The zero-order valence-electron chi connectivity index (χ0n) is 18.1. The molecule has 3 aromatic rings. The van der Waals surface area contributed by atoms with Crippen molar-refractivity contribution in [3.05, 3.63) is 83.8 Å². The number of amides is 1. The molecular weight excluding hydrogens is 426 g/mol. The van der Waals surface area contributed by atoms with E-state index in [0.717, 1.165) is 11.3 Å². The van der Waals surface area contributed by atoms with Crippen molar-refractivity contribution in [1.82, 2.24) is 5.01 Å². The van der Waals surface area contributed by atoms with Crippen molar-refractivity contribution in [2.75, 3.05) is 4.72 Å². The summed E-state index contributed by atoms with van der Waals surface area (Å²) in [7, 11) is -3.71. The van der Waals surface area contributed by atoms with Crippen LogP contribution < -0.4 is 4.72 Å². The van der Waals surface area contributed by atoms with Crippen molar-refractivity contribution in [3.8, 4) is 0 Å². The maximum Gasteiger partial charge on any atom is 0.261 e. The third-order valence-electron chi connectivity index (χ3n) is 5.22. The van der Waals surface area contributed by atoms with Crippen LogP contribution in [0.4, 0.5) is 5.69 Å². The summed E-state index contributed by atoms with van der Waals surface area (Å²) in [6.07, 6.45) is 0.473. The average molecular weight is 452 g/mol. The Morgan fingerprint density at radius 1 is 1.09 bits per heavy atom. The molecule has 1 aromatic heterocycles. The van der Waals surface area contributed by atoms with E-state index in [9.17, 15) is 13.2 Å². The van der Waals surface area contributed by atoms with Crippen LogP contribution in [0.25, 0.3) is 0 Å². The van der Waals surface area contributed by atoms with Crippen LogP contribution in [0.15, 0.2) is 81.1 Å². The largest absolute Gasteiger partial charge is 0.464 e. The standard InChI is InChI=1S/C24H25N3O4S/c1-16(2)24(28)27-22(23-13-12-17(3)31-23)15-21(25-27)18-8-7-9-19(14-18)26-32(29,30)20-10-5-4-6-11-20/h4-14,16,22,26H,15H2,1-3H3/t22-/m0/s1. The minimum absolute atomic E-state index is 0.0972. The van der Waals surface area contributed by atoms with E-state index in [2.05, 4.69) is 9.82 Å². The molecular formula is C24H25N3O4S. The van der Waals surface area contributed by atoms with Crippen LogP contribution in [0, 0.1) is 12.8 Å². The van der Waals surface area contributed by atoms with Gasteiger partial charge in [0.25, 0.3) is 10.0 Å². The number of nitrogens with zero attached hydrogens (tertiary/aromatic N) is 2. The normalized spacial score (nSPS) is 16.3. The summed E-state index contributed by atoms with van der Waals surface area (Å²) in [6, 6.07) is 18.6. The first-order chi connectivity index (χ1) is 15.2. The van der Waals surface area contributed by atoms with Crippen molar-refractivity contribution < 1.29 is 17.6 Å². The fourth-order valence-electron chi connectivity index (χ4n) is 3.58. The Bertz CT molecular complexity index is 1260. The number of rotatable bonds is 6. The number of sulfonamides is 1.